The molecule has 1 N–H and O–H groups in total. The van der Waals surface area contributed by atoms with Crippen LogP contribution in [0, 0.1) is 12.7 Å². The smallest absolute Gasteiger partial charge is 0.198 e. The van der Waals surface area contributed by atoms with Crippen LogP contribution in [0.4, 0.5) is 15.8 Å². The molecule has 1 fully saturated rings. The van der Waals surface area contributed by atoms with Crippen molar-refractivity contribution < 1.29 is 14.3 Å². The van der Waals surface area contributed by atoms with Crippen LogP contribution in [0.1, 0.15) is 22.8 Å². The van der Waals surface area contributed by atoms with E-state index in [0.717, 1.165) is 21.8 Å². The van der Waals surface area contributed by atoms with Gasteiger partial charge in [-0.2, -0.15) is 0 Å². The predicted octanol–water partition coefficient (Wildman–Crippen LogP) is 3.11. The van der Waals surface area contributed by atoms with Gasteiger partial charge in [-0.05, 0) is 71.8 Å². The van der Waals surface area contributed by atoms with E-state index in [9.17, 15) is 14.7 Å². The number of carboxylic acids is 1. The van der Waals surface area contributed by atoms with Gasteiger partial charge < -0.3 is 29.6 Å². The number of nitrogens with one attached hydrogen (secondary N) is 1. The van der Waals surface area contributed by atoms with Crippen molar-refractivity contribution in [3.63, 3.8) is 0 Å². The van der Waals surface area contributed by atoms with Crippen molar-refractivity contribution in [1.29, 1.82) is 0 Å². The summed E-state index contributed by atoms with van der Waals surface area (Å²) in [4.78, 5) is 27.8. The topological polar surface area (TPSA) is 80.6 Å². The highest BCUT2D eigenvalue weighted by molar-refractivity contribution is 9.10. The third-order valence-corrected chi connectivity index (χ3v) is 7.00. The second-order valence-corrected chi connectivity index (χ2v) is 9.39. The fraction of sp³-hybridized carbons (Fsp3) is 0.292. The van der Waals surface area contributed by atoms with Crippen molar-refractivity contribution in [2.45, 2.75) is 20.4 Å². The molecule has 0 spiro atoms. The molecule has 0 amide bonds. The standard InChI is InChI=1S/C24H24BrFN4O3S/c1-3-28-13-16(23(32)33)22(31)15-11-18(26)21(12-20(15)28)29-6-8-30(9-7-29)24(34)27-19-5-4-14(2)10-17(19)25/h4-5,10-13H,3,6-9H2,1-2H3,(H,27,34)(H,32,33)/p-1. The molecule has 3 aromatic rings. The minimum atomic E-state index is -1.57. The quantitative estimate of drug-likeness (QED) is 0.504. The average Bonchev–Trinajstić information content (AvgIpc) is 2.81. The van der Waals surface area contributed by atoms with Crippen LogP contribution in [-0.2, 0) is 6.54 Å². The minimum absolute atomic E-state index is 0.0255. The normalized spacial score (nSPS) is 13.9. The number of fused-ring (bicyclic) bond motifs is 1. The molecule has 1 aliphatic rings. The van der Waals surface area contributed by atoms with Gasteiger partial charge in [0.1, 0.15) is 5.82 Å². The lowest BCUT2D eigenvalue weighted by Gasteiger charge is -2.37. The van der Waals surface area contributed by atoms with E-state index in [1.807, 2.05) is 41.8 Å². The number of nitrogens with zero attached hydrogens (tertiary/aromatic N) is 3. The molecule has 0 aliphatic carbocycles. The van der Waals surface area contributed by atoms with Gasteiger partial charge >= 0.3 is 0 Å². The van der Waals surface area contributed by atoms with Crippen LogP contribution in [0.5, 0.6) is 0 Å². The molecule has 34 heavy (non-hydrogen) atoms. The lowest BCUT2D eigenvalue weighted by atomic mass is 10.1. The van der Waals surface area contributed by atoms with E-state index in [2.05, 4.69) is 21.2 Å². The van der Waals surface area contributed by atoms with Gasteiger partial charge in [-0.25, -0.2) is 4.39 Å². The number of hydrogen-bond acceptors (Lipinski definition) is 5. The first-order chi connectivity index (χ1) is 16.2. The van der Waals surface area contributed by atoms with Gasteiger partial charge in [0.15, 0.2) is 10.5 Å². The number of piperazine rings is 1. The van der Waals surface area contributed by atoms with Gasteiger partial charge in [0, 0.05) is 48.8 Å². The average molecular weight is 546 g/mol. The van der Waals surface area contributed by atoms with Gasteiger partial charge in [-0.3, -0.25) is 4.79 Å². The minimum Gasteiger partial charge on any atom is -0.545 e. The number of carboxylic acid groups (broad SMARTS) is 1. The SMILES string of the molecule is CCn1cc(C(=O)[O-])c(=O)c2cc(F)c(N3CCN(C(=S)Nc4ccc(C)cc4Br)CC3)cc21. The lowest BCUT2D eigenvalue weighted by molar-refractivity contribution is -0.255. The van der Waals surface area contributed by atoms with E-state index >= 15 is 4.39 Å². The maximum atomic E-state index is 15.1. The number of benzene rings is 2. The number of hydrogen-bond donors (Lipinski definition) is 1. The van der Waals surface area contributed by atoms with Crippen LogP contribution >= 0.6 is 28.1 Å². The van der Waals surface area contributed by atoms with Crippen molar-refractivity contribution in [3.05, 3.63) is 68.2 Å². The fourth-order valence-electron chi connectivity index (χ4n) is 4.11. The summed E-state index contributed by atoms with van der Waals surface area (Å²) in [5.41, 5.74) is 1.66. The number of aromatic carboxylic acids is 1. The van der Waals surface area contributed by atoms with Crippen LogP contribution in [0.25, 0.3) is 10.9 Å². The molecule has 0 saturated carbocycles. The van der Waals surface area contributed by atoms with E-state index < -0.39 is 22.8 Å². The Morgan fingerprint density at radius 1 is 1.21 bits per heavy atom. The van der Waals surface area contributed by atoms with E-state index in [1.54, 1.807) is 10.6 Å². The number of aromatic nitrogens is 1. The third kappa shape index (κ3) is 4.65. The number of anilines is 2. The summed E-state index contributed by atoms with van der Waals surface area (Å²) in [6, 6.07) is 8.72. The third-order valence-electron chi connectivity index (χ3n) is 5.98. The Balaban J connectivity index is 1.54. The van der Waals surface area contributed by atoms with Crippen LogP contribution in [0.15, 0.2) is 45.8 Å². The van der Waals surface area contributed by atoms with Crippen LogP contribution in [0.2, 0.25) is 0 Å². The molecule has 0 bridgehead atoms. The number of carbonyl (C=O) groups excluding carboxylic acids is 1. The highest BCUT2D eigenvalue weighted by Gasteiger charge is 2.23. The Morgan fingerprint density at radius 2 is 1.91 bits per heavy atom. The van der Waals surface area contributed by atoms with Gasteiger partial charge in [-0.15, -0.1) is 0 Å². The second-order valence-electron chi connectivity index (χ2n) is 8.15. The lowest BCUT2D eigenvalue weighted by Crippen LogP contribution is -2.50. The summed E-state index contributed by atoms with van der Waals surface area (Å²) in [6.45, 7) is 6.52. The highest BCUT2D eigenvalue weighted by Crippen LogP contribution is 2.27. The summed E-state index contributed by atoms with van der Waals surface area (Å²) in [5.74, 6) is -2.14. The predicted molar refractivity (Wildman–Crippen MR) is 137 cm³/mol. The first-order valence-corrected chi connectivity index (χ1v) is 12.0. The largest absolute Gasteiger partial charge is 0.545 e. The molecule has 0 unspecified atom stereocenters. The van der Waals surface area contributed by atoms with Gasteiger partial charge in [0.25, 0.3) is 0 Å². The Hall–Kier alpha value is -2.98. The molecule has 0 atom stereocenters. The molecule has 10 heteroatoms. The molecule has 0 radical (unpaired) electrons. The molecule has 2 aromatic carbocycles. The van der Waals surface area contributed by atoms with Gasteiger partial charge in [-0.1, -0.05) is 6.07 Å². The van der Waals surface area contributed by atoms with Crippen LogP contribution < -0.4 is 20.8 Å². The van der Waals surface area contributed by atoms with E-state index in [0.29, 0.717) is 49.0 Å². The molecule has 7 nitrogen and oxygen atoms in total. The Morgan fingerprint density at radius 3 is 2.53 bits per heavy atom. The molecular weight excluding hydrogens is 523 g/mol. The van der Waals surface area contributed by atoms with E-state index in [4.69, 9.17) is 12.2 Å². The fourth-order valence-corrected chi connectivity index (χ4v) is 5.00. The summed E-state index contributed by atoms with van der Waals surface area (Å²) in [5, 5.41) is 15.2. The zero-order chi connectivity index (χ0) is 24.6. The maximum Gasteiger partial charge on any atom is 0.198 e. The molecule has 4 rings (SSSR count). The maximum absolute atomic E-state index is 15.1. The number of halogens is 2. The molecule has 2 heterocycles. The summed E-state index contributed by atoms with van der Waals surface area (Å²) in [7, 11) is 0. The van der Waals surface area contributed by atoms with E-state index in [-0.39, 0.29) is 5.39 Å². The number of rotatable bonds is 4. The molecular formula is C24H23BrFN4O3S-. The first-order valence-electron chi connectivity index (χ1n) is 10.8. The highest BCUT2D eigenvalue weighted by atomic mass is 79.9. The zero-order valence-electron chi connectivity index (χ0n) is 18.7. The molecule has 1 aromatic heterocycles. The van der Waals surface area contributed by atoms with Gasteiger partial charge in [0.05, 0.1) is 28.4 Å². The van der Waals surface area contributed by atoms with Crippen molar-refractivity contribution in [2.24, 2.45) is 0 Å². The van der Waals surface area contributed by atoms with Crippen molar-refractivity contribution in [2.75, 3.05) is 36.4 Å². The second kappa shape index (κ2) is 9.71. The monoisotopic (exact) mass is 545 g/mol. The number of aryl methyl sites for hydroxylation is 2. The van der Waals surface area contributed by atoms with Crippen molar-refractivity contribution in [1.82, 2.24) is 9.47 Å². The Kier molecular flexibility index (Phi) is 6.90. The molecule has 1 saturated heterocycles. The Bertz CT molecular complexity index is 1350. The zero-order valence-corrected chi connectivity index (χ0v) is 21.1. The van der Waals surface area contributed by atoms with Crippen molar-refractivity contribution >= 4 is 61.5 Å². The Labute approximate surface area is 209 Å². The van der Waals surface area contributed by atoms with Gasteiger partial charge in [0.2, 0.25) is 0 Å². The van der Waals surface area contributed by atoms with Crippen LogP contribution in [0.3, 0.4) is 0 Å². The summed E-state index contributed by atoms with van der Waals surface area (Å²) < 4.78 is 17.6. The van der Waals surface area contributed by atoms with Crippen molar-refractivity contribution in [3.8, 4) is 0 Å². The molecule has 1 aliphatic heterocycles. The molecule has 178 valence electrons. The van der Waals surface area contributed by atoms with Crippen LogP contribution in [-0.4, -0.2) is 46.7 Å². The number of carbonyl (C=O) groups is 1. The summed E-state index contributed by atoms with van der Waals surface area (Å²) in [6.07, 6.45) is 1.26. The first kappa shape index (κ1) is 24.2. The number of pyridine rings is 1. The number of thiocarbonyl (C=S) groups is 1. The van der Waals surface area contributed by atoms with E-state index in [1.165, 1.54) is 6.20 Å². The summed E-state index contributed by atoms with van der Waals surface area (Å²) >= 11 is 9.13.